The molecule has 8 heteroatoms. The molecule has 2 aromatic rings. The first-order chi connectivity index (χ1) is 16.8. The lowest BCUT2D eigenvalue weighted by atomic mass is 9.98. The van der Waals surface area contributed by atoms with Crippen LogP contribution < -0.4 is 10.6 Å². The van der Waals surface area contributed by atoms with Crippen molar-refractivity contribution in [1.82, 2.24) is 15.5 Å². The smallest absolute Gasteiger partial charge is 0.407 e. The fourth-order valence-electron chi connectivity index (χ4n) is 4.41. The van der Waals surface area contributed by atoms with Crippen LogP contribution in [0.3, 0.4) is 0 Å². The second kappa shape index (κ2) is 12.4. The van der Waals surface area contributed by atoms with Gasteiger partial charge in [-0.25, -0.2) is 4.79 Å². The van der Waals surface area contributed by atoms with E-state index >= 15 is 0 Å². The molecule has 0 radical (unpaired) electrons. The van der Waals surface area contributed by atoms with Crippen LogP contribution in [0.1, 0.15) is 49.7 Å². The zero-order chi connectivity index (χ0) is 25.4. The van der Waals surface area contributed by atoms with Gasteiger partial charge in [0.05, 0.1) is 0 Å². The lowest BCUT2D eigenvalue weighted by Gasteiger charge is -2.23. The second-order valence-electron chi connectivity index (χ2n) is 9.31. The van der Waals surface area contributed by atoms with Crippen LogP contribution >= 0.6 is 0 Å². The largest absolute Gasteiger partial charge is 0.481 e. The molecule has 1 aliphatic carbocycles. The van der Waals surface area contributed by atoms with Gasteiger partial charge in [-0.1, -0.05) is 48.5 Å². The minimum absolute atomic E-state index is 0.0578. The number of hydrogen-bond donors (Lipinski definition) is 3. The summed E-state index contributed by atoms with van der Waals surface area (Å²) in [6, 6.07) is 15.3. The average Bonchev–Trinajstić information content (AvgIpc) is 3.13. The van der Waals surface area contributed by atoms with Gasteiger partial charge in [0.2, 0.25) is 5.91 Å². The SMILES string of the molecule is CC(CCCC(=O)O)NC(=O)C(CCN(C)C)NC(=O)OCC1c2ccccc2-c2ccccc21. The van der Waals surface area contributed by atoms with Gasteiger partial charge in [-0.15, -0.1) is 0 Å². The number of nitrogens with zero attached hydrogens (tertiary/aromatic N) is 1. The van der Waals surface area contributed by atoms with Crippen molar-refractivity contribution >= 4 is 18.0 Å². The van der Waals surface area contributed by atoms with Gasteiger partial charge in [-0.3, -0.25) is 9.59 Å². The number of carboxylic acid groups (broad SMARTS) is 1. The highest BCUT2D eigenvalue weighted by Crippen LogP contribution is 2.44. The summed E-state index contributed by atoms with van der Waals surface area (Å²) in [4.78, 5) is 38.3. The maximum absolute atomic E-state index is 12.9. The minimum atomic E-state index is -0.857. The zero-order valence-corrected chi connectivity index (χ0v) is 20.6. The molecular weight excluding hydrogens is 446 g/mol. The van der Waals surface area contributed by atoms with Crippen LogP contribution in [0.25, 0.3) is 11.1 Å². The predicted molar refractivity (Wildman–Crippen MR) is 134 cm³/mol. The summed E-state index contributed by atoms with van der Waals surface area (Å²) in [6.07, 6.45) is 0.861. The monoisotopic (exact) mass is 481 g/mol. The standard InChI is InChI=1S/C27H35N3O5/c1-18(9-8-14-25(31)32)28-26(33)24(15-16-30(2)3)29-27(34)35-17-23-21-12-6-4-10-19(21)20-11-5-7-13-22(20)23/h4-7,10-13,18,23-24H,8-9,14-17H2,1-3H3,(H,28,33)(H,29,34)(H,31,32). The Morgan fingerprint density at radius 3 is 2.14 bits per heavy atom. The molecule has 188 valence electrons. The van der Waals surface area contributed by atoms with E-state index in [0.717, 1.165) is 22.3 Å². The summed E-state index contributed by atoms with van der Waals surface area (Å²) in [5.74, 6) is -1.22. The number of ether oxygens (including phenoxy) is 1. The molecule has 3 N–H and O–H groups in total. The van der Waals surface area contributed by atoms with Crippen LogP contribution in [0.15, 0.2) is 48.5 Å². The molecule has 8 nitrogen and oxygen atoms in total. The molecule has 0 bridgehead atoms. The van der Waals surface area contributed by atoms with Crippen molar-refractivity contribution in [2.75, 3.05) is 27.2 Å². The van der Waals surface area contributed by atoms with Crippen LogP contribution in [0.4, 0.5) is 4.79 Å². The van der Waals surface area contributed by atoms with Crippen LogP contribution in [-0.2, 0) is 14.3 Å². The first-order valence-corrected chi connectivity index (χ1v) is 12.0. The summed E-state index contributed by atoms with van der Waals surface area (Å²) >= 11 is 0. The van der Waals surface area contributed by atoms with Gasteiger partial charge >= 0.3 is 12.1 Å². The molecule has 0 fully saturated rings. The summed E-state index contributed by atoms with van der Waals surface area (Å²) in [7, 11) is 3.80. The van der Waals surface area contributed by atoms with Crippen molar-refractivity contribution in [1.29, 1.82) is 0 Å². The van der Waals surface area contributed by atoms with Crippen molar-refractivity contribution in [2.45, 2.75) is 50.6 Å². The number of amides is 2. The molecule has 2 unspecified atom stereocenters. The number of carbonyl (C=O) groups excluding carboxylic acids is 2. The summed E-state index contributed by atoms with van der Waals surface area (Å²) < 4.78 is 5.61. The third-order valence-electron chi connectivity index (χ3n) is 6.23. The van der Waals surface area contributed by atoms with Gasteiger partial charge in [0, 0.05) is 18.4 Å². The molecular formula is C27H35N3O5. The quantitative estimate of drug-likeness (QED) is 0.428. The summed E-state index contributed by atoms with van der Waals surface area (Å²) in [5.41, 5.74) is 4.55. The van der Waals surface area contributed by atoms with E-state index in [1.807, 2.05) is 50.2 Å². The topological polar surface area (TPSA) is 108 Å². The van der Waals surface area contributed by atoms with Crippen molar-refractivity contribution in [3.05, 3.63) is 59.7 Å². The highest BCUT2D eigenvalue weighted by Gasteiger charge is 2.30. The summed E-state index contributed by atoms with van der Waals surface area (Å²) in [6.45, 7) is 2.61. The number of carboxylic acids is 1. The Kier molecular flexibility index (Phi) is 9.25. The molecule has 1 aliphatic rings. The Morgan fingerprint density at radius 2 is 1.57 bits per heavy atom. The average molecular weight is 482 g/mol. The Labute approximate surface area is 206 Å². The Hall–Kier alpha value is -3.39. The van der Waals surface area contributed by atoms with E-state index in [1.54, 1.807) is 0 Å². The molecule has 2 aromatic carbocycles. The van der Waals surface area contributed by atoms with Gasteiger partial charge in [0.25, 0.3) is 0 Å². The van der Waals surface area contributed by atoms with E-state index in [2.05, 4.69) is 34.9 Å². The third-order valence-corrected chi connectivity index (χ3v) is 6.23. The molecule has 35 heavy (non-hydrogen) atoms. The predicted octanol–water partition coefficient (Wildman–Crippen LogP) is 3.61. The molecule has 3 rings (SSSR count). The number of fused-ring (bicyclic) bond motifs is 3. The first-order valence-electron chi connectivity index (χ1n) is 12.0. The van der Waals surface area contributed by atoms with Gasteiger partial charge in [0.15, 0.2) is 0 Å². The molecule has 2 atom stereocenters. The number of benzene rings is 2. The van der Waals surface area contributed by atoms with E-state index in [0.29, 0.717) is 25.8 Å². The second-order valence-corrected chi connectivity index (χ2v) is 9.31. The Balaban J connectivity index is 1.59. The molecule has 0 heterocycles. The maximum Gasteiger partial charge on any atom is 0.407 e. The van der Waals surface area contributed by atoms with E-state index in [9.17, 15) is 14.4 Å². The molecule has 0 aliphatic heterocycles. The van der Waals surface area contributed by atoms with Gasteiger partial charge in [0.1, 0.15) is 12.6 Å². The lowest BCUT2D eigenvalue weighted by Crippen LogP contribution is -2.50. The fourth-order valence-corrected chi connectivity index (χ4v) is 4.41. The maximum atomic E-state index is 12.9. The number of alkyl carbamates (subject to hydrolysis) is 1. The number of aliphatic carboxylic acids is 1. The third kappa shape index (κ3) is 7.29. The molecule has 0 saturated heterocycles. The highest BCUT2D eigenvalue weighted by atomic mass is 16.5. The number of rotatable bonds is 12. The van der Waals surface area contributed by atoms with E-state index in [1.165, 1.54) is 0 Å². The molecule has 0 saturated carbocycles. The zero-order valence-electron chi connectivity index (χ0n) is 20.6. The van der Waals surface area contributed by atoms with Gasteiger partial charge in [-0.2, -0.15) is 0 Å². The van der Waals surface area contributed by atoms with Crippen LogP contribution in [0, 0.1) is 0 Å². The van der Waals surface area contributed by atoms with Gasteiger partial charge in [-0.05, 0) is 69.1 Å². The molecule has 0 aromatic heterocycles. The number of carbonyl (C=O) groups is 3. The van der Waals surface area contributed by atoms with E-state index < -0.39 is 18.1 Å². The molecule has 0 spiro atoms. The number of nitrogens with one attached hydrogen (secondary N) is 2. The number of hydrogen-bond acceptors (Lipinski definition) is 5. The fraction of sp³-hybridized carbons (Fsp3) is 0.444. The van der Waals surface area contributed by atoms with Crippen molar-refractivity contribution in [3.63, 3.8) is 0 Å². The Bertz CT molecular complexity index is 993. The van der Waals surface area contributed by atoms with E-state index in [-0.39, 0.29) is 30.9 Å². The minimum Gasteiger partial charge on any atom is -0.481 e. The van der Waals surface area contributed by atoms with Crippen molar-refractivity contribution in [2.24, 2.45) is 0 Å². The molecule has 2 amide bonds. The van der Waals surface area contributed by atoms with Crippen LogP contribution in [-0.4, -0.2) is 67.3 Å². The van der Waals surface area contributed by atoms with Crippen molar-refractivity contribution < 1.29 is 24.2 Å². The van der Waals surface area contributed by atoms with Crippen LogP contribution in [0.5, 0.6) is 0 Å². The Morgan fingerprint density at radius 1 is 0.971 bits per heavy atom. The normalized spacial score (nSPS) is 14.1. The van der Waals surface area contributed by atoms with Crippen LogP contribution in [0.2, 0.25) is 0 Å². The highest BCUT2D eigenvalue weighted by molar-refractivity contribution is 5.86. The van der Waals surface area contributed by atoms with Crippen molar-refractivity contribution in [3.8, 4) is 11.1 Å². The lowest BCUT2D eigenvalue weighted by molar-refractivity contribution is -0.137. The van der Waals surface area contributed by atoms with Gasteiger partial charge < -0.3 is 25.4 Å². The first kappa shape index (κ1) is 26.2. The summed E-state index contributed by atoms with van der Waals surface area (Å²) in [5, 5.41) is 14.4. The van der Waals surface area contributed by atoms with E-state index in [4.69, 9.17) is 9.84 Å².